The summed E-state index contributed by atoms with van der Waals surface area (Å²) in [6, 6.07) is -0.833. The molecule has 0 aromatic carbocycles. The van der Waals surface area contributed by atoms with Crippen molar-refractivity contribution in [2.75, 3.05) is 13.2 Å². The van der Waals surface area contributed by atoms with Crippen LogP contribution >= 0.6 is 0 Å². The second-order valence-corrected chi connectivity index (χ2v) is 20.4. The first-order chi connectivity index (χ1) is 33.8. The number of hydrogen-bond donors (Lipinski definition) is 6. The summed E-state index contributed by atoms with van der Waals surface area (Å²) in [7, 11) is 0. The molecule has 0 spiro atoms. The Hall–Kier alpha value is -1.85. The lowest BCUT2D eigenvalue weighted by Gasteiger charge is -2.40. The molecule has 1 fully saturated rings. The number of aliphatic hydroxyl groups is 5. The van der Waals surface area contributed by atoms with E-state index < -0.39 is 49.5 Å². The first kappa shape index (κ1) is 65.2. The van der Waals surface area contributed by atoms with Gasteiger partial charge in [0, 0.05) is 6.42 Å². The number of carbonyl (C=O) groups is 1. The molecule has 6 N–H and O–H groups in total. The van der Waals surface area contributed by atoms with Gasteiger partial charge in [0.2, 0.25) is 5.91 Å². The topological polar surface area (TPSA) is 149 Å². The summed E-state index contributed by atoms with van der Waals surface area (Å²) in [6.07, 6.45) is 59.2. The summed E-state index contributed by atoms with van der Waals surface area (Å²) in [5, 5.41) is 54.4. The molecular weight excluding hydrogens is 863 g/mol. The molecule has 7 atom stereocenters. The fourth-order valence-electron chi connectivity index (χ4n) is 9.18. The Kier molecular flexibility index (Phi) is 47.0. The maximum atomic E-state index is 13.0. The normalized spacial score (nSPS) is 19.8. The minimum absolute atomic E-state index is 0.200. The van der Waals surface area contributed by atoms with Crippen LogP contribution in [0.2, 0.25) is 0 Å². The average molecular weight is 975 g/mol. The van der Waals surface area contributed by atoms with Crippen LogP contribution in [0, 0.1) is 0 Å². The van der Waals surface area contributed by atoms with E-state index in [9.17, 15) is 30.3 Å². The van der Waals surface area contributed by atoms with Gasteiger partial charge in [0.05, 0.1) is 25.4 Å². The fourth-order valence-corrected chi connectivity index (χ4v) is 9.18. The van der Waals surface area contributed by atoms with E-state index >= 15 is 0 Å². The monoisotopic (exact) mass is 974 g/mol. The molecule has 0 aliphatic carbocycles. The maximum absolute atomic E-state index is 13.0. The van der Waals surface area contributed by atoms with Gasteiger partial charge in [-0.1, -0.05) is 242 Å². The molecule has 69 heavy (non-hydrogen) atoms. The van der Waals surface area contributed by atoms with Crippen LogP contribution in [0.15, 0.2) is 48.6 Å². The number of nitrogens with one attached hydrogen (secondary N) is 1. The van der Waals surface area contributed by atoms with Crippen molar-refractivity contribution < 1.29 is 39.8 Å². The zero-order valence-electron chi connectivity index (χ0n) is 44.8. The van der Waals surface area contributed by atoms with E-state index in [1.165, 1.54) is 186 Å². The highest BCUT2D eigenvalue weighted by molar-refractivity contribution is 5.76. The van der Waals surface area contributed by atoms with Gasteiger partial charge in [0.1, 0.15) is 24.4 Å². The number of hydrogen-bond acceptors (Lipinski definition) is 8. The Morgan fingerprint density at radius 3 is 1.23 bits per heavy atom. The summed E-state index contributed by atoms with van der Waals surface area (Å²) in [5.41, 5.74) is 0. The lowest BCUT2D eigenvalue weighted by molar-refractivity contribution is -0.302. The number of allylic oxidation sites excluding steroid dienone is 7. The molecule has 9 nitrogen and oxygen atoms in total. The van der Waals surface area contributed by atoms with Crippen LogP contribution in [0.1, 0.15) is 271 Å². The van der Waals surface area contributed by atoms with Crippen LogP contribution in [0.4, 0.5) is 0 Å². The molecule has 1 aliphatic rings. The molecule has 1 saturated heterocycles. The number of rotatable bonds is 50. The highest BCUT2D eigenvalue weighted by Gasteiger charge is 2.44. The van der Waals surface area contributed by atoms with Gasteiger partial charge in [-0.2, -0.15) is 0 Å². The molecule has 0 aromatic rings. The van der Waals surface area contributed by atoms with Crippen LogP contribution in [0.3, 0.4) is 0 Å². The predicted molar refractivity (Wildman–Crippen MR) is 290 cm³/mol. The smallest absolute Gasteiger partial charge is 0.220 e. The third-order valence-corrected chi connectivity index (χ3v) is 13.9. The summed E-state index contributed by atoms with van der Waals surface area (Å²) in [5.74, 6) is -0.200. The van der Waals surface area contributed by atoms with E-state index in [0.29, 0.717) is 6.42 Å². The summed E-state index contributed by atoms with van der Waals surface area (Å²) in [4.78, 5) is 13.0. The molecule has 1 aliphatic heterocycles. The van der Waals surface area contributed by atoms with Gasteiger partial charge in [-0.15, -0.1) is 0 Å². The number of unbranched alkanes of at least 4 members (excludes halogenated alkanes) is 34. The third-order valence-electron chi connectivity index (χ3n) is 13.9. The second-order valence-electron chi connectivity index (χ2n) is 20.4. The van der Waals surface area contributed by atoms with E-state index in [2.05, 4.69) is 55.6 Å². The van der Waals surface area contributed by atoms with Gasteiger partial charge in [-0.25, -0.2) is 0 Å². The number of amides is 1. The van der Waals surface area contributed by atoms with Crippen molar-refractivity contribution in [3.05, 3.63) is 48.6 Å². The zero-order chi connectivity index (χ0) is 50.1. The molecule has 1 heterocycles. The Morgan fingerprint density at radius 1 is 0.478 bits per heavy atom. The first-order valence-corrected chi connectivity index (χ1v) is 29.4. The van der Waals surface area contributed by atoms with E-state index in [1.54, 1.807) is 6.08 Å². The molecule has 0 bridgehead atoms. The van der Waals surface area contributed by atoms with E-state index in [0.717, 1.165) is 64.2 Å². The van der Waals surface area contributed by atoms with Crippen LogP contribution in [0.5, 0.6) is 0 Å². The van der Waals surface area contributed by atoms with Crippen molar-refractivity contribution in [2.24, 2.45) is 0 Å². The van der Waals surface area contributed by atoms with Crippen LogP contribution in [-0.2, 0) is 14.3 Å². The molecule has 1 rings (SSSR count). The third kappa shape index (κ3) is 39.4. The molecule has 9 heteroatoms. The minimum atomic E-state index is -1.58. The number of carbonyl (C=O) groups excluding carboxylic acids is 1. The molecule has 0 saturated carbocycles. The fraction of sp³-hybridized carbons (Fsp3) is 0.850. The van der Waals surface area contributed by atoms with Crippen molar-refractivity contribution in [3.8, 4) is 0 Å². The lowest BCUT2D eigenvalue weighted by Crippen LogP contribution is -2.60. The van der Waals surface area contributed by atoms with E-state index in [-0.39, 0.29) is 12.5 Å². The number of aliphatic hydroxyl groups excluding tert-OH is 5. The highest BCUT2D eigenvalue weighted by Crippen LogP contribution is 2.23. The van der Waals surface area contributed by atoms with Crippen LogP contribution in [-0.4, -0.2) is 87.5 Å². The van der Waals surface area contributed by atoms with Crippen molar-refractivity contribution in [1.29, 1.82) is 0 Å². The maximum Gasteiger partial charge on any atom is 0.220 e. The van der Waals surface area contributed by atoms with E-state index in [4.69, 9.17) is 9.47 Å². The standard InChI is InChI=1S/C60H111NO8/c1-3-5-7-9-11-13-15-17-18-19-20-21-22-23-24-25-26-27-28-29-30-31-32-33-34-35-36-38-39-41-43-45-47-49-54(63)53(52-68-60-59(67)58(66)57(65)55(51-62)69-60)61-56(64)50-48-46-44-42-40-37-16-14-12-10-8-6-4-2/h14,16,34-35,39,41,47,49,53-55,57-60,62-63,65-67H,3-13,15,17-33,36-38,40,42-46,48,50-52H2,1-2H3,(H,61,64)/b16-14-,35-34+,41-39+,49-47+. The molecular formula is C60H111NO8. The van der Waals surface area contributed by atoms with Gasteiger partial charge in [-0.05, 0) is 70.6 Å². The Morgan fingerprint density at radius 2 is 0.826 bits per heavy atom. The Bertz CT molecular complexity index is 1220. The van der Waals surface area contributed by atoms with Gasteiger partial charge in [0.15, 0.2) is 6.29 Å². The molecule has 0 aromatic heterocycles. The largest absolute Gasteiger partial charge is 0.394 e. The van der Waals surface area contributed by atoms with Crippen LogP contribution < -0.4 is 5.32 Å². The molecule has 1 amide bonds. The summed E-state index contributed by atoms with van der Waals surface area (Å²) in [6.45, 7) is 3.75. The minimum Gasteiger partial charge on any atom is -0.394 e. The lowest BCUT2D eigenvalue weighted by atomic mass is 9.99. The van der Waals surface area contributed by atoms with Gasteiger partial charge in [-0.3, -0.25) is 4.79 Å². The van der Waals surface area contributed by atoms with E-state index in [1.807, 2.05) is 6.08 Å². The summed E-state index contributed by atoms with van der Waals surface area (Å²) < 4.78 is 11.2. The van der Waals surface area contributed by atoms with Gasteiger partial charge >= 0.3 is 0 Å². The van der Waals surface area contributed by atoms with Crippen molar-refractivity contribution in [3.63, 3.8) is 0 Å². The van der Waals surface area contributed by atoms with Crippen molar-refractivity contribution in [1.82, 2.24) is 5.32 Å². The van der Waals surface area contributed by atoms with Gasteiger partial charge < -0.3 is 40.3 Å². The predicted octanol–water partition coefficient (Wildman–Crippen LogP) is 14.5. The van der Waals surface area contributed by atoms with Crippen molar-refractivity contribution >= 4 is 5.91 Å². The van der Waals surface area contributed by atoms with Gasteiger partial charge in [0.25, 0.3) is 0 Å². The average Bonchev–Trinajstić information content (AvgIpc) is 3.35. The SMILES string of the molecule is CCCCCC/C=C\CCCCCCCC(=O)NC(COC1OC(CO)C(O)C(O)C1O)C(O)/C=C/CC/C=C/CC/C=C/CCCCCCCCCCCCCCCCCCCCCCCCC. The summed E-state index contributed by atoms with van der Waals surface area (Å²) >= 11 is 0. The molecule has 0 radical (unpaired) electrons. The van der Waals surface area contributed by atoms with Crippen molar-refractivity contribution in [2.45, 2.75) is 314 Å². The molecule has 404 valence electrons. The molecule has 7 unspecified atom stereocenters. The Balaban J connectivity index is 2.18. The first-order valence-electron chi connectivity index (χ1n) is 29.4. The number of ether oxygens (including phenoxy) is 2. The Labute approximate surface area is 424 Å². The zero-order valence-corrected chi connectivity index (χ0v) is 44.8. The second kappa shape index (κ2) is 49.7. The quantitative estimate of drug-likeness (QED) is 0.0261. The van der Waals surface area contributed by atoms with Crippen LogP contribution in [0.25, 0.3) is 0 Å². The highest BCUT2D eigenvalue weighted by atomic mass is 16.7.